The van der Waals surface area contributed by atoms with Crippen molar-refractivity contribution in [1.29, 1.82) is 0 Å². The minimum Gasteiger partial charge on any atom is -0.489 e. The number of aromatic nitrogens is 3. The molecule has 25 heavy (non-hydrogen) atoms. The Hall–Kier alpha value is -3.22. The molecule has 0 fully saturated rings. The molecule has 1 amide bonds. The van der Waals surface area contributed by atoms with Gasteiger partial charge in [-0.3, -0.25) is 10.1 Å². The first-order valence-electron chi connectivity index (χ1n) is 7.85. The van der Waals surface area contributed by atoms with E-state index in [1.807, 2.05) is 24.3 Å². The van der Waals surface area contributed by atoms with E-state index in [0.29, 0.717) is 18.3 Å². The van der Waals surface area contributed by atoms with Gasteiger partial charge >= 0.3 is 0 Å². The molecule has 0 saturated heterocycles. The number of anilines is 1. The summed E-state index contributed by atoms with van der Waals surface area (Å²) in [7, 11) is 0. The van der Waals surface area contributed by atoms with Crippen molar-refractivity contribution in [1.82, 2.24) is 14.8 Å². The van der Waals surface area contributed by atoms with Crippen molar-refractivity contribution in [3.8, 4) is 5.75 Å². The van der Waals surface area contributed by atoms with Crippen LogP contribution < -0.4 is 10.1 Å². The van der Waals surface area contributed by atoms with Crippen LogP contribution in [0.4, 0.5) is 10.3 Å². The summed E-state index contributed by atoms with van der Waals surface area (Å²) in [5.41, 5.74) is 1.79. The Morgan fingerprint density at radius 1 is 1.24 bits per heavy atom. The van der Waals surface area contributed by atoms with Gasteiger partial charge in [0.15, 0.2) is 0 Å². The van der Waals surface area contributed by atoms with Crippen LogP contribution in [0.15, 0.2) is 54.9 Å². The molecule has 1 aromatic heterocycles. The molecule has 2 heterocycles. The minimum atomic E-state index is -0.273. The molecule has 6 nitrogen and oxygen atoms in total. The number of hydrogen-bond acceptors (Lipinski definition) is 4. The monoisotopic (exact) mass is 338 g/mol. The molecule has 0 bridgehead atoms. The van der Waals surface area contributed by atoms with Gasteiger partial charge in [-0.15, -0.1) is 0 Å². The number of hydrogen-bond donors (Lipinski definition) is 1. The van der Waals surface area contributed by atoms with E-state index < -0.39 is 0 Å². The summed E-state index contributed by atoms with van der Waals surface area (Å²) in [4.78, 5) is 15.9. The lowest BCUT2D eigenvalue weighted by Gasteiger charge is -2.24. The fourth-order valence-corrected chi connectivity index (χ4v) is 2.82. The SMILES string of the molecule is O=C1CC(c2cccc(OCc3ccc(F)cc3)c2)n2ncnc2N1. The summed E-state index contributed by atoms with van der Waals surface area (Å²) in [6.07, 6.45) is 1.71. The first-order chi connectivity index (χ1) is 12.2. The van der Waals surface area contributed by atoms with E-state index in [1.165, 1.54) is 18.5 Å². The first kappa shape index (κ1) is 15.3. The van der Waals surface area contributed by atoms with Gasteiger partial charge in [0.05, 0.1) is 12.5 Å². The van der Waals surface area contributed by atoms with Crippen molar-refractivity contribution >= 4 is 11.9 Å². The van der Waals surface area contributed by atoms with E-state index in [1.54, 1.807) is 16.8 Å². The Bertz CT molecular complexity index is 907. The van der Waals surface area contributed by atoms with Crippen molar-refractivity contribution < 1.29 is 13.9 Å². The third kappa shape index (κ3) is 3.21. The van der Waals surface area contributed by atoms with Crippen LogP contribution in [0.2, 0.25) is 0 Å². The summed E-state index contributed by atoms with van der Waals surface area (Å²) >= 11 is 0. The van der Waals surface area contributed by atoms with E-state index in [9.17, 15) is 9.18 Å². The molecule has 0 aliphatic carbocycles. The molecule has 4 rings (SSSR count). The average molecular weight is 338 g/mol. The van der Waals surface area contributed by atoms with Crippen LogP contribution >= 0.6 is 0 Å². The van der Waals surface area contributed by atoms with Gasteiger partial charge in [0.2, 0.25) is 11.9 Å². The second kappa shape index (κ2) is 6.35. The number of nitrogens with one attached hydrogen (secondary N) is 1. The molecule has 0 radical (unpaired) electrons. The highest BCUT2D eigenvalue weighted by atomic mass is 19.1. The molecule has 0 saturated carbocycles. The van der Waals surface area contributed by atoms with E-state index >= 15 is 0 Å². The highest BCUT2D eigenvalue weighted by molar-refractivity contribution is 5.91. The molecule has 126 valence electrons. The summed E-state index contributed by atoms with van der Waals surface area (Å²) < 4.78 is 20.4. The smallest absolute Gasteiger partial charge is 0.229 e. The topological polar surface area (TPSA) is 69.0 Å². The maximum atomic E-state index is 12.9. The molecule has 1 unspecified atom stereocenters. The van der Waals surface area contributed by atoms with Gasteiger partial charge in [-0.25, -0.2) is 9.07 Å². The number of halogens is 1. The number of benzene rings is 2. The Kier molecular flexibility index (Phi) is 3.89. The fourth-order valence-electron chi connectivity index (χ4n) is 2.82. The zero-order chi connectivity index (χ0) is 17.2. The second-order valence-electron chi connectivity index (χ2n) is 5.78. The highest BCUT2D eigenvalue weighted by Crippen LogP contribution is 2.30. The third-order valence-electron chi connectivity index (χ3n) is 4.06. The normalized spacial score (nSPS) is 16.2. The van der Waals surface area contributed by atoms with Crippen LogP contribution in [0.1, 0.15) is 23.6 Å². The summed E-state index contributed by atoms with van der Waals surface area (Å²) in [6, 6.07) is 13.5. The van der Waals surface area contributed by atoms with E-state index in [-0.39, 0.29) is 24.2 Å². The summed E-state index contributed by atoms with van der Waals surface area (Å²) in [5.74, 6) is 0.751. The van der Waals surface area contributed by atoms with Gasteiger partial charge < -0.3 is 4.74 Å². The highest BCUT2D eigenvalue weighted by Gasteiger charge is 2.27. The van der Waals surface area contributed by atoms with Crippen molar-refractivity contribution in [3.05, 3.63) is 71.8 Å². The number of amides is 1. The van der Waals surface area contributed by atoms with Crippen LogP contribution in [-0.2, 0) is 11.4 Å². The van der Waals surface area contributed by atoms with Crippen LogP contribution in [0.5, 0.6) is 5.75 Å². The third-order valence-corrected chi connectivity index (χ3v) is 4.06. The fraction of sp³-hybridized carbons (Fsp3) is 0.167. The maximum absolute atomic E-state index is 12.9. The molecule has 2 aromatic carbocycles. The molecule has 1 N–H and O–H groups in total. The Morgan fingerprint density at radius 2 is 2.08 bits per heavy atom. The summed E-state index contributed by atoms with van der Waals surface area (Å²) in [5, 5.41) is 6.89. The molecule has 3 aromatic rings. The van der Waals surface area contributed by atoms with Gasteiger partial charge in [0, 0.05) is 0 Å². The Balaban J connectivity index is 1.54. The van der Waals surface area contributed by atoms with Crippen molar-refractivity contribution in [2.45, 2.75) is 19.1 Å². The van der Waals surface area contributed by atoms with Gasteiger partial charge in [-0.1, -0.05) is 24.3 Å². The first-order valence-corrected chi connectivity index (χ1v) is 7.85. The predicted molar refractivity (Wildman–Crippen MR) is 88.6 cm³/mol. The standard InChI is InChI=1S/C18H15FN4O2/c19-14-6-4-12(5-7-14)10-25-15-3-1-2-13(8-15)16-9-17(24)22-18-20-11-21-23(16)18/h1-8,11,16H,9-10H2,(H,20,21,22,24). The predicted octanol–water partition coefficient (Wildman–Crippen LogP) is 2.93. The minimum absolute atomic E-state index is 0.0943. The molecular formula is C18H15FN4O2. The lowest BCUT2D eigenvalue weighted by atomic mass is 10.0. The van der Waals surface area contributed by atoms with Gasteiger partial charge in [0.1, 0.15) is 24.5 Å². The molecule has 7 heteroatoms. The van der Waals surface area contributed by atoms with Crippen LogP contribution in [0.25, 0.3) is 0 Å². The number of fused-ring (bicyclic) bond motifs is 1. The van der Waals surface area contributed by atoms with Crippen molar-refractivity contribution in [2.24, 2.45) is 0 Å². The zero-order valence-corrected chi connectivity index (χ0v) is 13.2. The molecule has 1 atom stereocenters. The quantitative estimate of drug-likeness (QED) is 0.794. The lowest BCUT2D eigenvalue weighted by molar-refractivity contribution is -0.117. The Labute approximate surface area is 143 Å². The van der Waals surface area contributed by atoms with Gasteiger partial charge in [-0.05, 0) is 35.4 Å². The second-order valence-corrected chi connectivity index (χ2v) is 5.78. The maximum Gasteiger partial charge on any atom is 0.229 e. The van der Waals surface area contributed by atoms with E-state index in [0.717, 1.165) is 11.1 Å². The van der Waals surface area contributed by atoms with Crippen molar-refractivity contribution in [3.63, 3.8) is 0 Å². The van der Waals surface area contributed by atoms with E-state index in [2.05, 4.69) is 15.4 Å². The molecule has 1 aliphatic heterocycles. The number of carbonyl (C=O) groups is 1. The van der Waals surface area contributed by atoms with Crippen LogP contribution in [-0.4, -0.2) is 20.7 Å². The van der Waals surface area contributed by atoms with Crippen LogP contribution in [0.3, 0.4) is 0 Å². The molecular weight excluding hydrogens is 323 g/mol. The molecule has 0 spiro atoms. The number of ether oxygens (including phenoxy) is 1. The number of nitrogens with zero attached hydrogens (tertiary/aromatic N) is 3. The average Bonchev–Trinajstić information content (AvgIpc) is 3.09. The van der Waals surface area contributed by atoms with Crippen molar-refractivity contribution in [2.75, 3.05) is 5.32 Å². The molecule has 1 aliphatic rings. The van der Waals surface area contributed by atoms with Gasteiger partial charge in [-0.2, -0.15) is 10.1 Å². The summed E-state index contributed by atoms with van der Waals surface area (Å²) in [6.45, 7) is 0.337. The van der Waals surface area contributed by atoms with Crippen LogP contribution in [0, 0.1) is 5.82 Å². The largest absolute Gasteiger partial charge is 0.489 e. The zero-order valence-electron chi connectivity index (χ0n) is 13.2. The number of rotatable bonds is 4. The number of carbonyl (C=O) groups excluding carboxylic acids is 1. The van der Waals surface area contributed by atoms with Gasteiger partial charge in [0.25, 0.3) is 0 Å². The lowest BCUT2D eigenvalue weighted by Crippen LogP contribution is -2.29. The Morgan fingerprint density at radius 3 is 2.92 bits per heavy atom. The van der Waals surface area contributed by atoms with E-state index in [4.69, 9.17) is 4.74 Å².